The lowest BCUT2D eigenvalue weighted by Gasteiger charge is -2.11. The van der Waals surface area contributed by atoms with Crippen LogP contribution in [0.25, 0.3) is 0 Å². The van der Waals surface area contributed by atoms with Crippen LogP contribution >= 0.6 is 11.6 Å². The summed E-state index contributed by atoms with van der Waals surface area (Å²) in [5, 5.41) is 6.39. The van der Waals surface area contributed by atoms with Gasteiger partial charge in [0.25, 0.3) is 11.8 Å². The molecule has 0 saturated heterocycles. The van der Waals surface area contributed by atoms with Gasteiger partial charge in [0.05, 0.1) is 11.3 Å². The van der Waals surface area contributed by atoms with Crippen molar-refractivity contribution in [3.63, 3.8) is 0 Å². The van der Waals surface area contributed by atoms with Crippen LogP contribution < -0.4 is 10.6 Å². The standard InChI is InChI=1S/C22H19ClN2O2/c23-18-12-10-16(11-13-18)14-15-24-22(27)19-8-4-5-9-20(19)25-21(26)17-6-2-1-3-7-17/h1-13H,14-15H2,(H,24,27)(H,25,26). The second-order valence-corrected chi connectivity index (χ2v) is 6.43. The van der Waals surface area contributed by atoms with Gasteiger partial charge in [0.15, 0.2) is 0 Å². The molecular weight excluding hydrogens is 360 g/mol. The first-order valence-electron chi connectivity index (χ1n) is 8.61. The molecule has 27 heavy (non-hydrogen) atoms. The highest BCUT2D eigenvalue weighted by molar-refractivity contribution is 6.30. The van der Waals surface area contributed by atoms with Crippen LogP contribution in [0.1, 0.15) is 26.3 Å². The summed E-state index contributed by atoms with van der Waals surface area (Å²) in [4.78, 5) is 24.9. The van der Waals surface area contributed by atoms with Gasteiger partial charge in [-0.3, -0.25) is 9.59 Å². The normalized spacial score (nSPS) is 10.3. The second-order valence-electron chi connectivity index (χ2n) is 6.00. The Bertz CT molecular complexity index is 925. The largest absolute Gasteiger partial charge is 0.352 e. The molecule has 0 aromatic heterocycles. The number of nitrogens with one attached hydrogen (secondary N) is 2. The van der Waals surface area contributed by atoms with E-state index in [0.29, 0.717) is 34.8 Å². The third kappa shape index (κ3) is 5.19. The lowest BCUT2D eigenvalue weighted by molar-refractivity contribution is 0.0955. The Kier molecular flexibility index (Phi) is 6.23. The van der Waals surface area contributed by atoms with E-state index in [-0.39, 0.29) is 11.8 Å². The fourth-order valence-corrected chi connectivity index (χ4v) is 2.77. The Hall–Kier alpha value is -3.11. The number of para-hydroxylation sites is 1. The van der Waals surface area contributed by atoms with E-state index >= 15 is 0 Å². The van der Waals surface area contributed by atoms with Crippen molar-refractivity contribution in [1.29, 1.82) is 0 Å². The lowest BCUT2D eigenvalue weighted by Crippen LogP contribution is -2.27. The number of halogens is 1. The van der Waals surface area contributed by atoms with Crippen LogP contribution in [0.4, 0.5) is 5.69 Å². The Morgan fingerprint density at radius 2 is 1.44 bits per heavy atom. The first-order valence-corrected chi connectivity index (χ1v) is 8.99. The van der Waals surface area contributed by atoms with Crippen LogP contribution in [-0.2, 0) is 6.42 Å². The van der Waals surface area contributed by atoms with Gasteiger partial charge in [-0.05, 0) is 48.4 Å². The molecule has 0 radical (unpaired) electrons. The Balaban J connectivity index is 1.63. The second kappa shape index (κ2) is 9.01. The van der Waals surface area contributed by atoms with Gasteiger partial charge >= 0.3 is 0 Å². The molecule has 0 bridgehead atoms. The Morgan fingerprint density at radius 3 is 2.19 bits per heavy atom. The van der Waals surface area contributed by atoms with Gasteiger partial charge in [-0.1, -0.05) is 54.1 Å². The Morgan fingerprint density at radius 1 is 0.778 bits per heavy atom. The predicted molar refractivity (Wildman–Crippen MR) is 108 cm³/mol. The van der Waals surface area contributed by atoms with Crippen LogP contribution in [0.15, 0.2) is 78.9 Å². The highest BCUT2D eigenvalue weighted by atomic mass is 35.5. The summed E-state index contributed by atoms with van der Waals surface area (Å²) in [6.45, 7) is 0.488. The van der Waals surface area contributed by atoms with Crippen molar-refractivity contribution < 1.29 is 9.59 Å². The molecule has 4 nitrogen and oxygen atoms in total. The first-order chi connectivity index (χ1) is 13.1. The third-order valence-electron chi connectivity index (χ3n) is 4.07. The maximum absolute atomic E-state index is 12.5. The molecule has 0 saturated carbocycles. The van der Waals surface area contributed by atoms with Crippen LogP contribution in [0.2, 0.25) is 5.02 Å². The number of anilines is 1. The minimum atomic E-state index is -0.253. The fraction of sp³-hybridized carbons (Fsp3) is 0.0909. The van der Waals surface area contributed by atoms with Gasteiger partial charge < -0.3 is 10.6 Å². The zero-order chi connectivity index (χ0) is 19.1. The highest BCUT2D eigenvalue weighted by Crippen LogP contribution is 2.16. The summed E-state index contributed by atoms with van der Waals surface area (Å²) >= 11 is 5.88. The summed E-state index contributed by atoms with van der Waals surface area (Å²) in [7, 11) is 0. The predicted octanol–water partition coefficient (Wildman–Crippen LogP) is 4.56. The van der Waals surface area contributed by atoms with Gasteiger partial charge in [0, 0.05) is 17.1 Å². The van der Waals surface area contributed by atoms with Crippen LogP contribution in [0, 0.1) is 0 Å². The van der Waals surface area contributed by atoms with E-state index in [2.05, 4.69) is 10.6 Å². The molecule has 3 aromatic rings. The molecule has 0 aliphatic carbocycles. The molecule has 5 heteroatoms. The van der Waals surface area contributed by atoms with E-state index < -0.39 is 0 Å². The van der Waals surface area contributed by atoms with Gasteiger partial charge in [0.2, 0.25) is 0 Å². The number of benzene rings is 3. The van der Waals surface area contributed by atoms with Crippen molar-refractivity contribution in [2.24, 2.45) is 0 Å². The van der Waals surface area contributed by atoms with Crippen molar-refractivity contribution in [3.8, 4) is 0 Å². The molecule has 2 amide bonds. The summed E-state index contributed by atoms with van der Waals surface area (Å²) in [5.74, 6) is -0.482. The van der Waals surface area contributed by atoms with Gasteiger partial charge in [-0.25, -0.2) is 0 Å². The molecule has 3 rings (SSSR count). The monoisotopic (exact) mass is 378 g/mol. The number of rotatable bonds is 6. The molecular formula is C22H19ClN2O2. The molecule has 0 fully saturated rings. The molecule has 0 atom stereocenters. The average Bonchev–Trinajstić information content (AvgIpc) is 2.70. The molecule has 0 aliphatic rings. The molecule has 0 unspecified atom stereocenters. The number of hydrogen-bond donors (Lipinski definition) is 2. The lowest BCUT2D eigenvalue weighted by atomic mass is 10.1. The quantitative estimate of drug-likeness (QED) is 0.660. The smallest absolute Gasteiger partial charge is 0.255 e. The topological polar surface area (TPSA) is 58.2 Å². The number of amides is 2. The maximum Gasteiger partial charge on any atom is 0.255 e. The average molecular weight is 379 g/mol. The van der Waals surface area contributed by atoms with Crippen molar-refractivity contribution in [2.45, 2.75) is 6.42 Å². The molecule has 0 heterocycles. The SMILES string of the molecule is O=C(Nc1ccccc1C(=O)NCCc1ccc(Cl)cc1)c1ccccc1. The van der Waals surface area contributed by atoms with E-state index in [1.54, 1.807) is 48.5 Å². The molecule has 0 aliphatic heterocycles. The minimum Gasteiger partial charge on any atom is -0.352 e. The van der Waals surface area contributed by atoms with Gasteiger partial charge in [-0.15, -0.1) is 0 Å². The number of hydrogen-bond acceptors (Lipinski definition) is 2. The van der Waals surface area contributed by atoms with Crippen molar-refractivity contribution in [1.82, 2.24) is 5.32 Å². The summed E-state index contributed by atoms with van der Waals surface area (Å²) in [5.41, 5.74) is 2.54. The number of carbonyl (C=O) groups is 2. The summed E-state index contributed by atoms with van der Waals surface area (Å²) < 4.78 is 0. The summed E-state index contributed by atoms with van der Waals surface area (Å²) in [6, 6.07) is 23.4. The van der Waals surface area contributed by atoms with Crippen LogP contribution in [0.5, 0.6) is 0 Å². The van der Waals surface area contributed by atoms with Crippen LogP contribution in [0.3, 0.4) is 0 Å². The van der Waals surface area contributed by atoms with Gasteiger partial charge in [-0.2, -0.15) is 0 Å². The zero-order valence-corrected chi connectivity index (χ0v) is 15.4. The minimum absolute atomic E-state index is 0.229. The number of carbonyl (C=O) groups excluding carboxylic acids is 2. The van der Waals surface area contributed by atoms with E-state index in [0.717, 1.165) is 5.56 Å². The van der Waals surface area contributed by atoms with Crippen LogP contribution in [-0.4, -0.2) is 18.4 Å². The van der Waals surface area contributed by atoms with E-state index in [1.165, 1.54) is 0 Å². The summed E-state index contributed by atoms with van der Waals surface area (Å²) in [6.07, 6.45) is 0.696. The van der Waals surface area contributed by atoms with Crippen molar-refractivity contribution in [2.75, 3.05) is 11.9 Å². The van der Waals surface area contributed by atoms with Gasteiger partial charge in [0.1, 0.15) is 0 Å². The molecule has 2 N–H and O–H groups in total. The molecule has 136 valence electrons. The zero-order valence-electron chi connectivity index (χ0n) is 14.6. The fourth-order valence-electron chi connectivity index (χ4n) is 2.64. The van der Waals surface area contributed by atoms with E-state index in [9.17, 15) is 9.59 Å². The van der Waals surface area contributed by atoms with E-state index in [4.69, 9.17) is 11.6 Å². The highest BCUT2D eigenvalue weighted by Gasteiger charge is 2.13. The van der Waals surface area contributed by atoms with Crippen molar-refractivity contribution >= 4 is 29.1 Å². The molecule has 3 aromatic carbocycles. The maximum atomic E-state index is 12.5. The third-order valence-corrected chi connectivity index (χ3v) is 4.32. The first kappa shape index (κ1) is 18.7. The molecule has 0 spiro atoms. The van der Waals surface area contributed by atoms with E-state index in [1.807, 2.05) is 30.3 Å². The van der Waals surface area contributed by atoms with Crippen molar-refractivity contribution in [3.05, 3.63) is 101 Å². The Labute approximate surface area is 163 Å².